The Bertz CT molecular complexity index is 775. The number of rotatable bonds is 5. The smallest absolute Gasteiger partial charge is 0.257 e. The Morgan fingerprint density at radius 1 is 1.45 bits per heavy atom. The fourth-order valence-corrected chi connectivity index (χ4v) is 3.61. The highest BCUT2D eigenvalue weighted by Crippen LogP contribution is 2.26. The number of carbonyl (C=O) groups excluding carboxylic acids is 1. The van der Waals surface area contributed by atoms with Crippen molar-refractivity contribution in [2.24, 2.45) is 0 Å². The second-order valence-corrected chi connectivity index (χ2v) is 6.45. The fourth-order valence-electron chi connectivity index (χ4n) is 2.10. The molecule has 0 saturated heterocycles. The summed E-state index contributed by atoms with van der Waals surface area (Å²) in [6, 6.07) is 5.77. The molecule has 3 aromatic rings. The molecule has 7 heteroatoms. The third-order valence-electron chi connectivity index (χ3n) is 3.21. The normalized spacial score (nSPS) is 10.8. The van der Waals surface area contributed by atoms with Gasteiger partial charge in [-0.25, -0.2) is 4.68 Å². The Morgan fingerprint density at radius 2 is 2.32 bits per heavy atom. The molecule has 0 atom stereocenters. The van der Waals surface area contributed by atoms with Crippen molar-refractivity contribution in [1.29, 1.82) is 0 Å². The molecule has 2 N–H and O–H groups in total. The number of nitrogens with zero attached hydrogens (tertiary/aromatic N) is 2. The van der Waals surface area contributed by atoms with E-state index in [1.807, 2.05) is 41.3 Å². The van der Waals surface area contributed by atoms with E-state index < -0.39 is 0 Å². The lowest BCUT2D eigenvalue weighted by Gasteiger charge is -2.07. The molecule has 5 nitrogen and oxygen atoms in total. The van der Waals surface area contributed by atoms with Crippen molar-refractivity contribution >= 4 is 34.4 Å². The van der Waals surface area contributed by atoms with Crippen LogP contribution in [0.2, 0.25) is 0 Å². The van der Waals surface area contributed by atoms with E-state index in [9.17, 15) is 9.90 Å². The summed E-state index contributed by atoms with van der Waals surface area (Å²) in [5.41, 5.74) is 2.41. The van der Waals surface area contributed by atoms with Gasteiger partial charge in [-0.1, -0.05) is 6.07 Å². The van der Waals surface area contributed by atoms with Crippen molar-refractivity contribution in [3.05, 3.63) is 45.5 Å². The number of amides is 1. The SMILES string of the molecule is Cc1cscc1C(=O)Nc1cc(-c2cccs2)nn1CCO. The first-order valence-electron chi connectivity index (χ1n) is 6.76. The fraction of sp³-hybridized carbons (Fsp3) is 0.200. The monoisotopic (exact) mass is 333 g/mol. The second kappa shape index (κ2) is 6.43. The molecule has 0 aromatic carbocycles. The Morgan fingerprint density at radius 3 is 2.95 bits per heavy atom. The minimum absolute atomic E-state index is 0.0358. The Kier molecular flexibility index (Phi) is 4.37. The molecule has 0 aliphatic heterocycles. The van der Waals surface area contributed by atoms with Crippen LogP contribution in [0.5, 0.6) is 0 Å². The molecule has 0 bridgehead atoms. The number of aliphatic hydroxyl groups is 1. The standard InChI is InChI=1S/C15H15N3O2S2/c1-10-8-21-9-11(10)15(20)16-14-7-12(13-3-2-6-22-13)17-18(14)4-5-19/h2-3,6-9,19H,4-5H2,1H3,(H,16,20). The van der Waals surface area contributed by atoms with Crippen molar-refractivity contribution in [1.82, 2.24) is 9.78 Å². The van der Waals surface area contributed by atoms with Crippen LogP contribution in [-0.4, -0.2) is 27.4 Å². The first kappa shape index (κ1) is 15.0. The van der Waals surface area contributed by atoms with E-state index in [-0.39, 0.29) is 12.5 Å². The maximum absolute atomic E-state index is 12.3. The number of aryl methyl sites for hydroxylation is 1. The largest absolute Gasteiger partial charge is 0.394 e. The first-order chi connectivity index (χ1) is 10.7. The van der Waals surface area contributed by atoms with Gasteiger partial charge in [-0.05, 0) is 29.3 Å². The summed E-state index contributed by atoms with van der Waals surface area (Å²) in [7, 11) is 0. The lowest BCUT2D eigenvalue weighted by molar-refractivity contribution is 0.102. The van der Waals surface area contributed by atoms with Crippen LogP contribution < -0.4 is 5.32 Å². The average molecular weight is 333 g/mol. The number of hydrogen-bond acceptors (Lipinski definition) is 5. The van der Waals surface area contributed by atoms with E-state index in [0.29, 0.717) is 17.9 Å². The summed E-state index contributed by atoms with van der Waals surface area (Å²) >= 11 is 3.09. The van der Waals surface area contributed by atoms with Crippen molar-refractivity contribution < 1.29 is 9.90 Å². The highest BCUT2D eigenvalue weighted by atomic mass is 32.1. The van der Waals surface area contributed by atoms with Crippen molar-refractivity contribution in [3.63, 3.8) is 0 Å². The molecule has 0 radical (unpaired) electrons. The maximum atomic E-state index is 12.3. The lowest BCUT2D eigenvalue weighted by Crippen LogP contribution is -2.16. The van der Waals surface area contributed by atoms with E-state index in [0.717, 1.165) is 16.1 Å². The van der Waals surface area contributed by atoms with Crippen LogP contribution in [0, 0.1) is 6.92 Å². The molecule has 0 spiro atoms. The topological polar surface area (TPSA) is 67.2 Å². The molecule has 0 saturated carbocycles. The lowest BCUT2D eigenvalue weighted by atomic mass is 10.2. The molecule has 0 fully saturated rings. The highest BCUT2D eigenvalue weighted by molar-refractivity contribution is 7.13. The number of aliphatic hydroxyl groups excluding tert-OH is 1. The van der Waals surface area contributed by atoms with Crippen LogP contribution >= 0.6 is 22.7 Å². The number of thiophene rings is 2. The van der Waals surface area contributed by atoms with E-state index >= 15 is 0 Å². The average Bonchev–Trinajstić information content (AvgIpc) is 3.20. The summed E-state index contributed by atoms with van der Waals surface area (Å²) in [6.45, 7) is 2.21. The molecule has 22 heavy (non-hydrogen) atoms. The minimum atomic E-state index is -0.157. The minimum Gasteiger partial charge on any atom is -0.394 e. The third-order valence-corrected chi connectivity index (χ3v) is 4.96. The number of hydrogen-bond donors (Lipinski definition) is 2. The first-order valence-corrected chi connectivity index (χ1v) is 8.58. The van der Waals surface area contributed by atoms with Gasteiger partial charge >= 0.3 is 0 Å². The van der Waals surface area contributed by atoms with Gasteiger partial charge in [-0.3, -0.25) is 4.79 Å². The van der Waals surface area contributed by atoms with Gasteiger partial charge in [0.1, 0.15) is 11.5 Å². The Balaban J connectivity index is 1.89. The number of anilines is 1. The molecular weight excluding hydrogens is 318 g/mol. The van der Waals surface area contributed by atoms with Crippen LogP contribution in [0.25, 0.3) is 10.6 Å². The number of nitrogens with one attached hydrogen (secondary N) is 1. The zero-order valence-electron chi connectivity index (χ0n) is 11.9. The van der Waals surface area contributed by atoms with Crippen LogP contribution in [0.1, 0.15) is 15.9 Å². The summed E-state index contributed by atoms with van der Waals surface area (Å²) in [5, 5.41) is 22.3. The Hall–Kier alpha value is -1.96. The molecule has 1 amide bonds. The number of carbonyl (C=O) groups is 1. The zero-order chi connectivity index (χ0) is 15.5. The highest BCUT2D eigenvalue weighted by Gasteiger charge is 2.15. The van der Waals surface area contributed by atoms with E-state index in [1.165, 1.54) is 11.3 Å². The van der Waals surface area contributed by atoms with Crippen molar-refractivity contribution in [2.75, 3.05) is 11.9 Å². The molecule has 0 unspecified atom stereocenters. The second-order valence-electron chi connectivity index (χ2n) is 4.76. The molecule has 114 valence electrons. The van der Waals surface area contributed by atoms with Gasteiger partial charge in [0.05, 0.1) is 23.6 Å². The molecule has 0 aliphatic rings. The van der Waals surface area contributed by atoms with Gasteiger partial charge in [0.2, 0.25) is 0 Å². The van der Waals surface area contributed by atoms with Gasteiger partial charge in [-0.15, -0.1) is 11.3 Å². The summed E-state index contributed by atoms with van der Waals surface area (Å²) in [6.07, 6.45) is 0. The molecule has 3 aromatic heterocycles. The van der Waals surface area contributed by atoms with Crippen LogP contribution in [0.4, 0.5) is 5.82 Å². The predicted molar refractivity (Wildman–Crippen MR) is 89.6 cm³/mol. The van der Waals surface area contributed by atoms with Gasteiger partial charge in [0, 0.05) is 11.4 Å². The van der Waals surface area contributed by atoms with Crippen LogP contribution in [-0.2, 0) is 6.54 Å². The summed E-state index contributed by atoms with van der Waals surface area (Å²) in [4.78, 5) is 13.4. The van der Waals surface area contributed by atoms with Gasteiger partial charge < -0.3 is 10.4 Å². The van der Waals surface area contributed by atoms with Crippen LogP contribution in [0.3, 0.4) is 0 Å². The molecule has 3 rings (SSSR count). The third kappa shape index (κ3) is 2.96. The molecular formula is C15H15N3O2S2. The quantitative estimate of drug-likeness (QED) is 0.753. The summed E-state index contributed by atoms with van der Waals surface area (Å²) < 4.78 is 1.62. The van der Waals surface area contributed by atoms with Gasteiger partial charge in [-0.2, -0.15) is 16.4 Å². The van der Waals surface area contributed by atoms with Gasteiger partial charge in [0.25, 0.3) is 5.91 Å². The van der Waals surface area contributed by atoms with Gasteiger partial charge in [0.15, 0.2) is 0 Å². The van der Waals surface area contributed by atoms with E-state index in [4.69, 9.17) is 0 Å². The summed E-state index contributed by atoms with van der Waals surface area (Å²) in [5.74, 6) is 0.434. The van der Waals surface area contributed by atoms with E-state index in [1.54, 1.807) is 16.0 Å². The maximum Gasteiger partial charge on any atom is 0.257 e. The van der Waals surface area contributed by atoms with Crippen LogP contribution in [0.15, 0.2) is 34.3 Å². The Labute approximate surface area is 135 Å². The molecule has 0 aliphatic carbocycles. The zero-order valence-corrected chi connectivity index (χ0v) is 13.6. The van der Waals surface area contributed by atoms with E-state index in [2.05, 4.69) is 10.4 Å². The number of aromatic nitrogens is 2. The predicted octanol–water partition coefficient (Wildman–Crippen LogP) is 3.23. The molecule has 3 heterocycles. The van der Waals surface area contributed by atoms with Crippen molar-refractivity contribution in [3.8, 4) is 10.6 Å². The van der Waals surface area contributed by atoms with Crippen molar-refractivity contribution in [2.45, 2.75) is 13.5 Å².